The Hall–Kier alpha value is -0.0800. The molecule has 0 aromatic rings. The summed E-state index contributed by atoms with van der Waals surface area (Å²) in [5.74, 6) is 0. The van der Waals surface area contributed by atoms with Crippen molar-refractivity contribution in [1.82, 2.24) is 10.6 Å². The summed E-state index contributed by atoms with van der Waals surface area (Å²) in [6.07, 6.45) is 1.22. The number of hydrogen-bond acceptors (Lipinski definition) is 2. The summed E-state index contributed by atoms with van der Waals surface area (Å²) in [5.41, 5.74) is 0. The van der Waals surface area contributed by atoms with Crippen LogP contribution in [0.2, 0.25) is 0 Å². The first-order valence-corrected chi connectivity index (χ1v) is 3.69. The van der Waals surface area contributed by atoms with Gasteiger partial charge in [0.2, 0.25) is 0 Å². The molecule has 9 heavy (non-hydrogen) atoms. The normalized spacial score (nSPS) is 13.7. The fourth-order valence-electron chi connectivity index (χ4n) is 0.597. The highest BCUT2D eigenvalue weighted by Crippen LogP contribution is 1.75. The van der Waals surface area contributed by atoms with Gasteiger partial charge >= 0.3 is 0 Å². The van der Waals surface area contributed by atoms with Gasteiger partial charge in [0.05, 0.1) is 0 Å². The fraction of sp³-hybridized carbons (Fsp3) is 1.00. The summed E-state index contributed by atoms with van der Waals surface area (Å²) in [6.45, 7) is 6.55. The van der Waals surface area contributed by atoms with Crippen molar-refractivity contribution in [2.24, 2.45) is 0 Å². The van der Waals surface area contributed by atoms with Crippen LogP contribution < -0.4 is 10.6 Å². The zero-order chi connectivity index (χ0) is 7.11. The van der Waals surface area contributed by atoms with Gasteiger partial charge in [0.25, 0.3) is 0 Å². The minimum absolute atomic E-state index is 0.594. The Kier molecular flexibility index (Phi) is 5.99. The molecule has 0 rings (SSSR count). The molecule has 0 aliphatic carbocycles. The van der Waals surface area contributed by atoms with Crippen LogP contribution in [0.3, 0.4) is 0 Å². The maximum atomic E-state index is 3.32. The second-order valence-corrected chi connectivity index (χ2v) is 2.39. The smallest absolute Gasteiger partial charge is 0.0161 e. The van der Waals surface area contributed by atoms with Gasteiger partial charge in [-0.1, -0.05) is 6.92 Å². The average molecular weight is 130 g/mol. The highest BCUT2D eigenvalue weighted by atomic mass is 14.9. The molecule has 0 radical (unpaired) electrons. The third-order valence-electron chi connectivity index (χ3n) is 1.37. The second kappa shape index (κ2) is 6.05. The lowest BCUT2D eigenvalue weighted by Gasteiger charge is -2.09. The summed E-state index contributed by atoms with van der Waals surface area (Å²) >= 11 is 0. The van der Waals surface area contributed by atoms with Crippen molar-refractivity contribution in [1.29, 1.82) is 0 Å². The van der Waals surface area contributed by atoms with E-state index >= 15 is 0 Å². The largest absolute Gasteiger partial charge is 0.316 e. The lowest BCUT2D eigenvalue weighted by atomic mass is 10.3. The van der Waals surface area contributed by atoms with Crippen LogP contribution in [-0.4, -0.2) is 26.2 Å². The Morgan fingerprint density at radius 1 is 1.44 bits per heavy atom. The highest BCUT2D eigenvalue weighted by molar-refractivity contribution is 4.59. The molecule has 0 bridgehead atoms. The standard InChI is InChI=1S/C7H18N2/c1-4-5-9-6-7(2)8-3/h7-9H,4-6H2,1-3H3. The zero-order valence-electron chi connectivity index (χ0n) is 6.70. The number of rotatable bonds is 5. The van der Waals surface area contributed by atoms with Crippen LogP contribution in [0, 0.1) is 0 Å². The molecule has 2 N–H and O–H groups in total. The zero-order valence-corrected chi connectivity index (χ0v) is 6.70. The molecule has 56 valence electrons. The van der Waals surface area contributed by atoms with Gasteiger partial charge in [0.1, 0.15) is 0 Å². The van der Waals surface area contributed by atoms with Crippen LogP contribution in [0.5, 0.6) is 0 Å². The second-order valence-electron chi connectivity index (χ2n) is 2.39. The maximum Gasteiger partial charge on any atom is 0.0161 e. The van der Waals surface area contributed by atoms with E-state index in [1.54, 1.807) is 0 Å². The van der Waals surface area contributed by atoms with E-state index in [1.807, 2.05) is 7.05 Å². The molecule has 1 unspecified atom stereocenters. The van der Waals surface area contributed by atoms with Crippen molar-refractivity contribution < 1.29 is 0 Å². The van der Waals surface area contributed by atoms with Crippen molar-refractivity contribution in [2.75, 3.05) is 20.1 Å². The minimum Gasteiger partial charge on any atom is -0.316 e. The van der Waals surface area contributed by atoms with E-state index in [0.29, 0.717) is 6.04 Å². The maximum absolute atomic E-state index is 3.32. The van der Waals surface area contributed by atoms with Crippen molar-refractivity contribution in [3.8, 4) is 0 Å². The molecule has 0 aliphatic rings. The van der Waals surface area contributed by atoms with E-state index in [4.69, 9.17) is 0 Å². The van der Waals surface area contributed by atoms with E-state index in [1.165, 1.54) is 6.42 Å². The van der Waals surface area contributed by atoms with Crippen molar-refractivity contribution in [3.63, 3.8) is 0 Å². The van der Waals surface area contributed by atoms with E-state index in [2.05, 4.69) is 24.5 Å². The first kappa shape index (κ1) is 8.92. The molecule has 0 heterocycles. The molecule has 0 aromatic carbocycles. The summed E-state index contributed by atoms with van der Waals surface area (Å²) in [7, 11) is 1.98. The summed E-state index contributed by atoms with van der Waals surface area (Å²) < 4.78 is 0. The van der Waals surface area contributed by atoms with Gasteiger partial charge in [-0.15, -0.1) is 0 Å². The molecule has 2 nitrogen and oxygen atoms in total. The Morgan fingerprint density at radius 3 is 2.56 bits per heavy atom. The third kappa shape index (κ3) is 5.80. The molecule has 0 fully saturated rings. The SMILES string of the molecule is CCCNCC(C)NC. The molecule has 0 spiro atoms. The van der Waals surface area contributed by atoms with Gasteiger partial charge in [-0.2, -0.15) is 0 Å². The van der Waals surface area contributed by atoms with E-state index < -0.39 is 0 Å². The predicted octanol–water partition coefficient (Wildman–Crippen LogP) is 0.594. The Morgan fingerprint density at radius 2 is 2.11 bits per heavy atom. The van der Waals surface area contributed by atoms with Gasteiger partial charge < -0.3 is 10.6 Å². The third-order valence-corrected chi connectivity index (χ3v) is 1.37. The van der Waals surface area contributed by atoms with Gasteiger partial charge in [-0.05, 0) is 26.9 Å². The van der Waals surface area contributed by atoms with Crippen LogP contribution in [-0.2, 0) is 0 Å². The lowest BCUT2D eigenvalue weighted by molar-refractivity contribution is 0.540. The van der Waals surface area contributed by atoms with Crippen molar-refractivity contribution in [2.45, 2.75) is 26.3 Å². The number of hydrogen-bond donors (Lipinski definition) is 2. The molecular formula is C7H18N2. The highest BCUT2D eigenvalue weighted by Gasteiger charge is 1.93. The van der Waals surface area contributed by atoms with Crippen molar-refractivity contribution >= 4 is 0 Å². The summed E-state index contributed by atoms with van der Waals surface area (Å²) in [4.78, 5) is 0. The van der Waals surface area contributed by atoms with Gasteiger partial charge in [-0.3, -0.25) is 0 Å². The molecule has 0 aliphatic heterocycles. The first-order chi connectivity index (χ1) is 4.31. The first-order valence-electron chi connectivity index (χ1n) is 3.69. The number of nitrogens with one attached hydrogen (secondary N) is 2. The van der Waals surface area contributed by atoms with Crippen LogP contribution in [0.1, 0.15) is 20.3 Å². The Labute approximate surface area is 58.0 Å². The number of likely N-dealkylation sites (N-methyl/N-ethyl adjacent to an activating group) is 1. The quantitative estimate of drug-likeness (QED) is 0.532. The van der Waals surface area contributed by atoms with Crippen LogP contribution in [0.25, 0.3) is 0 Å². The van der Waals surface area contributed by atoms with Crippen LogP contribution in [0.15, 0.2) is 0 Å². The summed E-state index contributed by atoms with van der Waals surface area (Å²) in [5, 5.41) is 6.48. The summed E-state index contributed by atoms with van der Waals surface area (Å²) in [6, 6.07) is 0.594. The van der Waals surface area contributed by atoms with Crippen molar-refractivity contribution in [3.05, 3.63) is 0 Å². The van der Waals surface area contributed by atoms with Gasteiger partial charge in [0.15, 0.2) is 0 Å². The lowest BCUT2D eigenvalue weighted by Crippen LogP contribution is -2.34. The average Bonchev–Trinajstić information content (AvgIpc) is 1.89. The Balaban J connectivity index is 2.88. The Bertz CT molecular complexity index is 54.9. The van der Waals surface area contributed by atoms with E-state index in [-0.39, 0.29) is 0 Å². The van der Waals surface area contributed by atoms with Crippen LogP contribution in [0.4, 0.5) is 0 Å². The molecule has 0 aromatic heterocycles. The van der Waals surface area contributed by atoms with Gasteiger partial charge in [0, 0.05) is 12.6 Å². The van der Waals surface area contributed by atoms with Crippen LogP contribution >= 0.6 is 0 Å². The van der Waals surface area contributed by atoms with E-state index in [0.717, 1.165) is 13.1 Å². The minimum atomic E-state index is 0.594. The fourth-order valence-corrected chi connectivity index (χ4v) is 0.597. The molecular weight excluding hydrogens is 112 g/mol. The monoisotopic (exact) mass is 130 g/mol. The molecule has 0 amide bonds. The molecule has 0 saturated carbocycles. The van der Waals surface area contributed by atoms with Gasteiger partial charge in [-0.25, -0.2) is 0 Å². The molecule has 2 heteroatoms. The van der Waals surface area contributed by atoms with E-state index in [9.17, 15) is 0 Å². The topological polar surface area (TPSA) is 24.1 Å². The predicted molar refractivity (Wildman–Crippen MR) is 41.7 cm³/mol. The molecule has 0 saturated heterocycles. The molecule has 1 atom stereocenters.